The summed E-state index contributed by atoms with van der Waals surface area (Å²) in [7, 11) is -3.95. The fourth-order valence-electron chi connectivity index (χ4n) is 6.15. The van der Waals surface area contributed by atoms with E-state index in [9.17, 15) is 23.3 Å². The van der Waals surface area contributed by atoms with E-state index in [0.717, 1.165) is 56.6 Å². The number of ether oxygens (including phenoxy) is 2. The van der Waals surface area contributed by atoms with Crippen molar-refractivity contribution in [3.63, 3.8) is 0 Å². The van der Waals surface area contributed by atoms with Gasteiger partial charge in [0.05, 0.1) is 18.1 Å². The third-order valence-electron chi connectivity index (χ3n) is 9.39. The van der Waals surface area contributed by atoms with Gasteiger partial charge in [0.2, 0.25) is 9.84 Å². The molecule has 0 spiro atoms. The number of benzene rings is 1. The van der Waals surface area contributed by atoms with Crippen molar-refractivity contribution in [2.24, 2.45) is 11.3 Å². The number of allylic oxidation sites excluding steroid dienone is 5. The summed E-state index contributed by atoms with van der Waals surface area (Å²) in [6, 6.07) is 10.0. The highest BCUT2D eigenvalue weighted by atomic mass is 32.2. The monoisotopic (exact) mass is 767 g/mol. The number of esters is 2. The molecule has 0 saturated carbocycles. The highest BCUT2D eigenvalue weighted by Gasteiger charge is 2.30. The minimum absolute atomic E-state index is 0.0200. The van der Waals surface area contributed by atoms with Crippen LogP contribution in [0, 0.1) is 22.7 Å². The van der Waals surface area contributed by atoms with E-state index in [2.05, 4.69) is 46.0 Å². The fourth-order valence-corrected chi connectivity index (χ4v) is 7.45. The number of unbranched alkanes of at least 4 members (excludes halogenated alkanes) is 6. The highest BCUT2D eigenvalue weighted by Crippen LogP contribution is 2.38. The second-order valence-corrected chi connectivity index (χ2v) is 16.4. The molecule has 1 N–H and O–H groups in total. The van der Waals surface area contributed by atoms with Gasteiger partial charge in [0.25, 0.3) is 0 Å². The zero-order valence-electron chi connectivity index (χ0n) is 34.5. The molecule has 1 atom stereocenters. The van der Waals surface area contributed by atoms with Gasteiger partial charge in [-0.3, -0.25) is 0 Å². The van der Waals surface area contributed by atoms with Crippen LogP contribution >= 0.6 is 0 Å². The topological polar surface area (TPSA) is 126 Å². The lowest BCUT2D eigenvalue weighted by Gasteiger charge is -2.32. The molecule has 1 aliphatic carbocycles. The Labute approximate surface area is 327 Å². The van der Waals surface area contributed by atoms with Crippen LogP contribution in [-0.2, 0) is 28.9 Å². The molecule has 1 aromatic rings. The summed E-state index contributed by atoms with van der Waals surface area (Å²) in [5, 5.41) is 13.0. The van der Waals surface area contributed by atoms with Crippen LogP contribution in [0.5, 0.6) is 0 Å². The van der Waals surface area contributed by atoms with Gasteiger partial charge in [-0.05, 0) is 99.9 Å². The van der Waals surface area contributed by atoms with Gasteiger partial charge in [0.1, 0.15) is 11.6 Å². The van der Waals surface area contributed by atoms with Crippen LogP contribution in [0.15, 0.2) is 81.4 Å². The van der Waals surface area contributed by atoms with Crippen molar-refractivity contribution < 1.29 is 27.5 Å². The van der Waals surface area contributed by atoms with E-state index in [0.29, 0.717) is 12.3 Å². The number of hydrogen-bond donors (Lipinski definition) is 1. The molecule has 54 heavy (non-hydrogen) atoms. The van der Waals surface area contributed by atoms with E-state index in [1.54, 1.807) is 37.4 Å². The molecule has 0 saturated heterocycles. The maximum Gasteiger partial charge on any atom is 0.350 e. The standard InChI is InChI=1S/C23H35NO4S.C21H34N2O2/c1-4-7-8-9-10-14-20-28-23(25)22(18-15-19-24(5-2)6-3)29(26,27)21-16-12-11-13-17-21;1-6-9-10-16(7-2)15-23-18-11-17(12-21(4,5)13-18)19(14-22)20(24)25-8-3/h11-13,15-19H,4-10,14,20H2,1-3H3;11,16,23H,6-10,12-13,15H2,1-5H3/b19-15+,22-18+;19-17+. The van der Waals surface area contributed by atoms with Gasteiger partial charge in [0.15, 0.2) is 4.91 Å². The highest BCUT2D eigenvalue weighted by molar-refractivity contribution is 7.96. The second kappa shape index (κ2) is 26.9. The van der Waals surface area contributed by atoms with E-state index >= 15 is 0 Å². The average Bonchev–Trinajstić information content (AvgIpc) is 3.15. The van der Waals surface area contributed by atoms with Gasteiger partial charge in [0, 0.05) is 25.3 Å². The molecular formula is C44H69N3O6S. The number of sulfone groups is 1. The second-order valence-electron chi connectivity index (χ2n) is 14.5. The van der Waals surface area contributed by atoms with E-state index in [1.165, 1.54) is 63.2 Å². The summed E-state index contributed by atoms with van der Waals surface area (Å²) >= 11 is 0. The van der Waals surface area contributed by atoms with Crippen LogP contribution in [0.2, 0.25) is 0 Å². The Morgan fingerprint density at radius 2 is 1.56 bits per heavy atom. The first-order chi connectivity index (χ1) is 25.8. The Kier molecular flexibility index (Phi) is 24.0. The largest absolute Gasteiger partial charge is 0.462 e. The Morgan fingerprint density at radius 3 is 2.15 bits per heavy atom. The number of hydrogen-bond acceptors (Lipinski definition) is 9. The first-order valence-corrected chi connectivity index (χ1v) is 21.7. The zero-order valence-corrected chi connectivity index (χ0v) is 35.4. The molecule has 0 bridgehead atoms. The lowest BCUT2D eigenvalue weighted by molar-refractivity contribution is -0.139. The van der Waals surface area contributed by atoms with Crippen LogP contribution in [0.1, 0.15) is 132 Å². The number of nitriles is 1. The molecule has 0 aromatic heterocycles. The number of rotatable bonds is 23. The molecule has 0 heterocycles. The minimum Gasteiger partial charge on any atom is -0.462 e. The Morgan fingerprint density at radius 1 is 0.907 bits per heavy atom. The Hall–Kier alpha value is -3.84. The third kappa shape index (κ3) is 18.0. The van der Waals surface area contributed by atoms with Gasteiger partial charge >= 0.3 is 11.9 Å². The Balaban J connectivity index is 0.000000546. The van der Waals surface area contributed by atoms with E-state index in [-0.39, 0.29) is 34.0 Å². The van der Waals surface area contributed by atoms with Crippen molar-refractivity contribution in [1.82, 2.24) is 10.2 Å². The molecule has 10 heteroatoms. The average molecular weight is 768 g/mol. The first kappa shape index (κ1) is 48.2. The van der Waals surface area contributed by atoms with Gasteiger partial charge in [-0.15, -0.1) is 0 Å². The molecule has 1 unspecified atom stereocenters. The van der Waals surface area contributed by atoms with Crippen LogP contribution in [0.3, 0.4) is 0 Å². The van der Waals surface area contributed by atoms with Gasteiger partial charge in [-0.25, -0.2) is 18.0 Å². The lowest BCUT2D eigenvalue weighted by atomic mass is 9.76. The van der Waals surface area contributed by atoms with E-state index in [1.807, 2.05) is 24.8 Å². The maximum absolute atomic E-state index is 13.0. The quantitative estimate of drug-likeness (QED) is 0.0381. The molecule has 1 aromatic carbocycles. The van der Waals surface area contributed by atoms with E-state index in [4.69, 9.17) is 9.47 Å². The van der Waals surface area contributed by atoms with Crippen LogP contribution < -0.4 is 5.32 Å². The number of nitrogens with zero attached hydrogens (tertiary/aromatic N) is 2. The zero-order chi connectivity index (χ0) is 40.4. The van der Waals surface area contributed by atoms with E-state index < -0.39 is 21.8 Å². The SMILES string of the molecule is CCCCC(CC)CNC1=C/C(=C(/C#N)C(=O)OCC)CC(C)(C)C1.CCCCCCCCOC(=O)/C(=C\C=C\N(CC)CC)S(=O)(=O)c1ccccc1. The molecule has 0 amide bonds. The van der Waals surface area contributed by atoms with Crippen LogP contribution in [0.4, 0.5) is 0 Å². The van der Waals surface area contributed by atoms with Crippen LogP contribution in [-0.4, -0.2) is 58.1 Å². The predicted molar refractivity (Wildman–Crippen MR) is 220 cm³/mol. The number of carbonyl (C=O) groups is 2. The predicted octanol–water partition coefficient (Wildman–Crippen LogP) is 9.98. The summed E-state index contributed by atoms with van der Waals surface area (Å²) < 4.78 is 36.3. The molecule has 0 fully saturated rings. The molecule has 0 aliphatic heterocycles. The van der Waals surface area contributed by atoms with Crippen molar-refractivity contribution in [2.45, 2.75) is 137 Å². The molecule has 1 aliphatic rings. The molecule has 2 rings (SSSR count). The maximum atomic E-state index is 13.0. The van der Waals surface area contributed by atoms with Crippen molar-refractivity contribution >= 4 is 21.8 Å². The Bertz CT molecular complexity index is 1530. The smallest absolute Gasteiger partial charge is 0.350 e. The normalized spacial score (nSPS) is 15.6. The summed E-state index contributed by atoms with van der Waals surface area (Å²) in [4.78, 5) is 26.4. The van der Waals surface area contributed by atoms with Gasteiger partial charge in [-0.2, -0.15) is 5.26 Å². The number of carbonyl (C=O) groups excluding carboxylic acids is 2. The van der Waals surface area contributed by atoms with Crippen molar-refractivity contribution in [3.05, 3.63) is 76.5 Å². The van der Waals surface area contributed by atoms with Crippen LogP contribution in [0.25, 0.3) is 0 Å². The summed E-state index contributed by atoms with van der Waals surface area (Å²) in [6.07, 6.45) is 19.6. The first-order valence-electron chi connectivity index (χ1n) is 20.2. The fraction of sp³-hybridized carbons (Fsp3) is 0.614. The lowest BCUT2D eigenvalue weighted by Crippen LogP contribution is -2.29. The van der Waals surface area contributed by atoms with Crippen molar-refractivity contribution in [3.8, 4) is 6.07 Å². The van der Waals surface area contributed by atoms with Gasteiger partial charge < -0.3 is 19.7 Å². The number of nitrogens with one attached hydrogen (secondary N) is 1. The third-order valence-corrected chi connectivity index (χ3v) is 11.2. The van der Waals surface area contributed by atoms with Crippen molar-refractivity contribution in [1.29, 1.82) is 5.26 Å². The minimum atomic E-state index is -3.95. The molecule has 0 radical (unpaired) electrons. The molecule has 9 nitrogen and oxygen atoms in total. The van der Waals surface area contributed by atoms with Crippen molar-refractivity contribution in [2.75, 3.05) is 32.8 Å². The molecular weight excluding hydrogens is 699 g/mol. The molecule has 302 valence electrons. The summed E-state index contributed by atoms with van der Waals surface area (Å²) in [5.74, 6) is -0.645. The summed E-state index contributed by atoms with van der Waals surface area (Å²) in [5.41, 5.74) is 2.08. The summed E-state index contributed by atoms with van der Waals surface area (Å²) in [6.45, 7) is 19.8. The van der Waals surface area contributed by atoms with Gasteiger partial charge in [-0.1, -0.05) is 104 Å².